The molecular formula is C14H15NO4S. The quantitative estimate of drug-likeness (QED) is 0.904. The van der Waals surface area contributed by atoms with Gasteiger partial charge in [-0.05, 0) is 54.7 Å². The number of aliphatic hydroxyl groups excluding tert-OH is 1. The number of sulfonamides is 1. The Bertz CT molecular complexity index is 733. The monoisotopic (exact) mass is 293 g/mol. The van der Waals surface area contributed by atoms with Gasteiger partial charge in [-0.25, -0.2) is 0 Å². The zero-order chi connectivity index (χ0) is 14.2. The molecule has 0 amide bonds. The third-order valence-corrected chi connectivity index (χ3v) is 4.66. The molecular weight excluding hydrogens is 278 g/mol. The van der Waals surface area contributed by atoms with E-state index in [9.17, 15) is 8.42 Å². The zero-order valence-electron chi connectivity index (χ0n) is 10.8. The highest BCUT2D eigenvalue weighted by Gasteiger charge is 2.20. The molecule has 1 aliphatic carbocycles. The second-order valence-corrected chi connectivity index (χ2v) is 6.43. The molecule has 0 spiro atoms. The van der Waals surface area contributed by atoms with Gasteiger partial charge in [0.1, 0.15) is 12.4 Å². The molecule has 2 N–H and O–H groups in total. The van der Waals surface area contributed by atoms with Crippen molar-refractivity contribution in [3.8, 4) is 0 Å². The number of nitrogens with one attached hydrogen (secondary N) is 1. The second-order valence-electron chi connectivity index (χ2n) is 4.82. The molecule has 1 heterocycles. The molecule has 0 fully saturated rings. The van der Waals surface area contributed by atoms with Gasteiger partial charge < -0.3 is 9.52 Å². The number of aryl methyl sites for hydroxylation is 2. The van der Waals surface area contributed by atoms with Crippen LogP contribution in [0, 0.1) is 0 Å². The Morgan fingerprint density at radius 1 is 1.15 bits per heavy atom. The highest BCUT2D eigenvalue weighted by atomic mass is 32.2. The van der Waals surface area contributed by atoms with E-state index in [4.69, 9.17) is 9.52 Å². The van der Waals surface area contributed by atoms with Crippen LogP contribution >= 0.6 is 0 Å². The Balaban J connectivity index is 1.86. The molecule has 0 aliphatic heterocycles. The van der Waals surface area contributed by atoms with Gasteiger partial charge in [0.05, 0.1) is 0 Å². The maximum Gasteiger partial charge on any atom is 0.295 e. The van der Waals surface area contributed by atoms with E-state index < -0.39 is 10.0 Å². The van der Waals surface area contributed by atoms with Crippen molar-refractivity contribution in [3.05, 3.63) is 47.2 Å². The lowest BCUT2D eigenvalue weighted by Gasteiger charge is -2.07. The van der Waals surface area contributed by atoms with Crippen LogP contribution in [-0.2, 0) is 29.5 Å². The van der Waals surface area contributed by atoms with Crippen LogP contribution in [0.5, 0.6) is 0 Å². The summed E-state index contributed by atoms with van der Waals surface area (Å²) in [5.74, 6) is 0.222. The molecule has 0 atom stereocenters. The van der Waals surface area contributed by atoms with Crippen LogP contribution in [-0.4, -0.2) is 13.5 Å². The minimum Gasteiger partial charge on any atom is -0.445 e. The van der Waals surface area contributed by atoms with E-state index in [2.05, 4.69) is 4.72 Å². The predicted octanol–water partition coefficient (Wildman–Crippen LogP) is 2.06. The fraction of sp³-hybridized carbons (Fsp3) is 0.286. The topological polar surface area (TPSA) is 79.5 Å². The number of furan rings is 1. The molecule has 1 aliphatic rings. The molecule has 6 heteroatoms. The number of hydrogen-bond acceptors (Lipinski definition) is 4. The number of aliphatic hydroxyl groups is 1. The van der Waals surface area contributed by atoms with E-state index in [1.807, 2.05) is 12.1 Å². The van der Waals surface area contributed by atoms with Gasteiger partial charge in [0.2, 0.25) is 5.09 Å². The van der Waals surface area contributed by atoms with Gasteiger partial charge in [-0.15, -0.1) is 0 Å². The maximum absolute atomic E-state index is 12.1. The van der Waals surface area contributed by atoms with Crippen molar-refractivity contribution in [2.45, 2.75) is 31.0 Å². The number of benzene rings is 1. The van der Waals surface area contributed by atoms with Gasteiger partial charge in [-0.2, -0.15) is 8.42 Å². The summed E-state index contributed by atoms with van der Waals surface area (Å²) in [5, 5.41) is 8.71. The number of anilines is 1. The third kappa shape index (κ3) is 2.44. The summed E-state index contributed by atoms with van der Waals surface area (Å²) in [4.78, 5) is 0. The van der Waals surface area contributed by atoms with Crippen molar-refractivity contribution < 1.29 is 17.9 Å². The van der Waals surface area contributed by atoms with Gasteiger partial charge in [0.25, 0.3) is 10.0 Å². The Kier molecular flexibility index (Phi) is 3.27. The van der Waals surface area contributed by atoms with Gasteiger partial charge in [-0.1, -0.05) is 6.07 Å². The first-order valence-corrected chi connectivity index (χ1v) is 7.91. The van der Waals surface area contributed by atoms with Crippen molar-refractivity contribution in [3.63, 3.8) is 0 Å². The molecule has 1 aromatic carbocycles. The fourth-order valence-corrected chi connectivity index (χ4v) is 3.43. The average molecular weight is 293 g/mol. The second kappa shape index (κ2) is 4.96. The largest absolute Gasteiger partial charge is 0.445 e. The van der Waals surface area contributed by atoms with Crippen LogP contribution in [0.25, 0.3) is 0 Å². The summed E-state index contributed by atoms with van der Waals surface area (Å²) in [6.45, 7) is -0.325. The fourth-order valence-electron chi connectivity index (χ4n) is 2.43. The third-order valence-electron chi connectivity index (χ3n) is 3.41. The van der Waals surface area contributed by atoms with Crippen LogP contribution < -0.4 is 4.72 Å². The lowest BCUT2D eigenvalue weighted by molar-refractivity contribution is 0.236. The SMILES string of the molecule is O=S(=O)(Nc1ccc2c(c1)CCC2)c1ccc(CO)o1. The summed E-state index contributed by atoms with van der Waals surface area (Å²) in [6.07, 6.45) is 3.16. The minimum absolute atomic E-state index is 0.193. The lowest BCUT2D eigenvalue weighted by Crippen LogP contribution is -2.12. The number of fused-ring (bicyclic) bond motifs is 1. The molecule has 0 saturated heterocycles. The van der Waals surface area contributed by atoms with Crippen LogP contribution in [0.4, 0.5) is 5.69 Å². The van der Waals surface area contributed by atoms with E-state index in [0.29, 0.717) is 5.69 Å². The average Bonchev–Trinajstić information content (AvgIpc) is 3.06. The normalized spacial score (nSPS) is 14.2. The highest BCUT2D eigenvalue weighted by Crippen LogP contribution is 2.26. The summed E-state index contributed by atoms with van der Waals surface area (Å²) < 4.78 is 31.8. The van der Waals surface area contributed by atoms with Gasteiger partial charge in [-0.3, -0.25) is 4.72 Å². The molecule has 0 saturated carbocycles. The van der Waals surface area contributed by atoms with Gasteiger partial charge >= 0.3 is 0 Å². The molecule has 0 bridgehead atoms. The summed E-state index contributed by atoms with van der Waals surface area (Å²) in [7, 11) is -3.75. The van der Waals surface area contributed by atoms with Gasteiger partial charge in [0, 0.05) is 5.69 Å². The molecule has 20 heavy (non-hydrogen) atoms. The van der Waals surface area contributed by atoms with Crippen molar-refractivity contribution in [1.82, 2.24) is 0 Å². The van der Waals surface area contributed by atoms with Crippen molar-refractivity contribution in [2.24, 2.45) is 0 Å². The predicted molar refractivity (Wildman–Crippen MR) is 73.9 cm³/mol. The summed E-state index contributed by atoms with van der Waals surface area (Å²) in [6, 6.07) is 8.37. The smallest absolute Gasteiger partial charge is 0.295 e. The Morgan fingerprint density at radius 2 is 1.95 bits per heavy atom. The van der Waals surface area contributed by atoms with Crippen LogP contribution in [0.2, 0.25) is 0 Å². The maximum atomic E-state index is 12.1. The molecule has 1 aromatic heterocycles. The van der Waals surface area contributed by atoms with E-state index in [1.165, 1.54) is 23.3 Å². The summed E-state index contributed by atoms with van der Waals surface area (Å²) >= 11 is 0. The number of rotatable bonds is 4. The molecule has 0 unspecified atom stereocenters. The van der Waals surface area contributed by atoms with E-state index in [1.54, 1.807) is 6.07 Å². The number of hydrogen-bond donors (Lipinski definition) is 2. The minimum atomic E-state index is -3.75. The molecule has 106 valence electrons. The van der Waals surface area contributed by atoms with E-state index in [-0.39, 0.29) is 17.5 Å². The molecule has 0 radical (unpaired) electrons. The summed E-state index contributed by atoms with van der Waals surface area (Å²) in [5.41, 5.74) is 3.02. The van der Waals surface area contributed by atoms with Crippen LogP contribution in [0.15, 0.2) is 39.8 Å². The van der Waals surface area contributed by atoms with Gasteiger partial charge in [0.15, 0.2) is 0 Å². The van der Waals surface area contributed by atoms with Crippen molar-refractivity contribution in [2.75, 3.05) is 4.72 Å². The Labute approximate surface area is 117 Å². The van der Waals surface area contributed by atoms with Crippen LogP contribution in [0.3, 0.4) is 0 Å². The first kappa shape index (κ1) is 13.2. The van der Waals surface area contributed by atoms with Crippen molar-refractivity contribution in [1.29, 1.82) is 0 Å². The first-order valence-electron chi connectivity index (χ1n) is 6.43. The first-order chi connectivity index (χ1) is 9.58. The van der Waals surface area contributed by atoms with Crippen molar-refractivity contribution >= 4 is 15.7 Å². The standard InChI is InChI=1S/C14H15NO4S/c16-9-13-6-7-14(19-13)20(17,18)15-12-5-4-10-2-1-3-11(10)8-12/h4-8,15-16H,1-3,9H2. The Hall–Kier alpha value is -1.79. The van der Waals surface area contributed by atoms with E-state index in [0.717, 1.165) is 19.3 Å². The molecule has 3 rings (SSSR count). The highest BCUT2D eigenvalue weighted by molar-refractivity contribution is 7.92. The molecule has 5 nitrogen and oxygen atoms in total. The van der Waals surface area contributed by atoms with E-state index >= 15 is 0 Å². The van der Waals surface area contributed by atoms with Crippen LogP contribution in [0.1, 0.15) is 23.3 Å². The zero-order valence-corrected chi connectivity index (χ0v) is 11.6. The Morgan fingerprint density at radius 3 is 2.70 bits per heavy atom. The lowest BCUT2D eigenvalue weighted by atomic mass is 10.1. The molecule has 2 aromatic rings.